The van der Waals surface area contributed by atoms with E-state index in [1.54, 1.807) is 20.3 Å². The molecule has 100 valence electrons. The number of rotatable bonds is 5. The van der Waals surface area contributed by atoms with Crippen LogP contribution in [0.2, 0.25) is 0 Å². The van der Waals surface area contributed by atoms with Gasteiger partial charge in [0.15, 0.2) is 11.5 Å². The van der Waals surface area contributed by atoms with Crippen molar-refractivity contribution in [3.05, 3.63) is 53.8 Å². The molecule has 0 spiro atoms. The Kier molecular flexibility index (Phi) is 4.23. The Labute approximate surface area is 112 Å². The van der Waals surface area contributed by atoms with E-state index in [1.165, 1.54) is 12.1 Å². The minimum atomic E-state index is -0.230. The Bertz CT molecular complexity index is 558. The van der Waals surface area contributed by atoms with Crippen molar-refractivity contribution in [2.24, 2.45) is 0 Å². The maximum atomic E-state index is 13.0. The van der Waals surface area contributed by atoms with Gasteiger partial charge in [-0.1, -0.05) is 12.1 Å². The Balaban J connectivity index is 2.07. The second-order valence-corrected chi connectivity index (χ2v) is 4.05. The van der Waals surface area contributed by atoms with Crippen molar-refractivity contribution < 1.29 is 13.9 Å². The molecule has 0 saturated carbocycles. The molecule has 0 atom stereocenters. The Morgan fingerprint density at radius 2 is 1.79 bits per heavy atom. The molecule has 0 amide bonds. The number of halogens is 1. The molecule has 0 heterocycles. The topological polar surface area (TPSA) is 30.5 Å². The van der Waals surface area contributed by atoms with E-state index in [9.17, 15) is 4.39 Å². The summed E-state index contributed by atoms with van der Waals surface area (Å²) >= 11 is 0. The maximum absolute atomic E-state index is 13.0. The van der Waals surface area contributed by atoms with Gasteiger partial charge < -0.3 is 14.8 Å². The number of benzene rings is 2. The zero-order valence-corrected chi connectivity index (χ0v) is 10.9. The second kappa shape index (κ2) is 6.09. The minimum absolute atomic E-state index is 0.230. The number of ether oxygens (including phenoxy) is 2. The van der Waals surface area contributed by atoms with Gasteiger partial charge in [0.25, 0.3) is 0 Å². The summed E-state index contributed by atoms with van der Waals surface area (Å²) in [6, 6.07) is 12.1. The Morgan fingerprint density at radius 1 is 1.00 bits per heavy atom. The summed E-state index contributed by atoms with van der Waals surface area (Å²) in [5.74, 6) is 1.11. The first-order valence-electron chi connectivity index (χ1n) is 5.93. The number of nitrogens with one attached hydrogen (secondary N) is 1. The van der Waals surface area contributed by atoms with E-state index in [0.717, 1.165) is 11.3 Å². The zero-order valence-electron chi connectivity index (χ0n) is 10.9. The third kappa shape index (κ3) is 3.37. The second-order valence-electron chi connectivity index (χ2n) is 4.05. The van der Waals surface area contributed by atoms with Crippen LogP contribution < -0.4 is 14.8 Å². The van der Waals surface area contributed by atoms with Crippen LogP contribution in [0.3, 0.4) is 0 Å². The molecule has 19 heavy (non-hydrogen) atoms. The summed E-state index contributed by atoms with van der Waals surface area (Å²) in [4.78, 5) is 0. The Morgan fingerprint density at radius 3 is 2.47 bits per heavy atom. The van der Waals surface area contributed by atoms with E-state index in [0.29, 0.717) is 18.0 Å². The van der Waals surface area contributed by atoms with Crippen LogP contribution in [-0.2, 0) is 6.54 Å². The first kappa shape index (κ1) is 13.2. The highest BCUT2D eigenvalue weighted by Crippen LogP contribution is 2.29. The molecule has 3 nitrogen and oxygen atoms in total. The van der Waals surface area contributed by atoms with Gasteiger partial charge in [0, 0.05) is 18.3 Å². The van der Waals surface area contributed by atoms with Crippen LogP contribution in [0.25, 0.3) is 0 Å². The highest BCUT2D eigenvalue weighted by molar-refractivity contribution is 5.54. The monoisotopic (exact) mass is 261 g/mol. The summed E-state index contributed by atoms with van der Waals surface area (Å²) < 4.78 is 23.4. The van der Waals surface area contributed by atoms with Crippen LogP contribution >= 0.6 is 0 Å². The molecular weight excluding hydrogens is 245 g/mol. The van der Waals surface area contributed by atoms with Crippen molar-refractivity contribution >= 4 is 5.69 Å². The van der Waals surface area contributed by atoms with Gasteiger partial charge in [-0.05, 0) is 29.8 Å². The van der Waals surface area contributed by atoms with Crippen LogP contribution in [0.4, 0.5) is 10.1 Å². The molecule has 0 aliphatic carbocycles. The first-order valence-corrected chi connectivity index (χ1v) is 5.93. The van der Waals surface area contributed by atoms with E-state index < -0.39 is 0 Å². The largest absolute Gasteiger partial charge is 0.493 e. The number of hydrogen-bond donors (Lipinski definition) is 1. The van der Waals surface area contributed by atoms with Crippen molar-refractivity contribution in [2.45, 2.75) is 6.54 Å². The van der Waals surface area contributed by atoms with E-state index in [4.69, 9.17) is 9.47 Å². The molecule has 2 aromatic rings. The first-order chi connectivity index (χ1) is 9.22. The molecule has 0 aromatic heterocycles. The normalized spacial score (nSPS) is 10.1. The summed E-state index contributed by atoms with van der Waals surface area (Å²) in [6.45, 7) is 0.549. The average Bonchev–Trinajstić information content (AvgIpc) is 2.45. The molecule has 0 aliphatic rings. The Hall–Kier alpha value is -2.23. The van der Waals surface area contributed by atoms with Crippen molar-refractivity contribution in [1.29, 1.82) is 0 Å². The predicted octanol–water partition coefficient (Wildman–Crippen LogP) is 3.46. The van der Waals surface area contributed by atoms with Crippen LogP contribution in [0.15, 0.2) is 42.5 Å². The number of hydrogen-bond acceptors (Lipinski definition) is 3. The highest BCUT2D eigenvalue weighted by Gasteiger charge is 2.04. The predicted molar refractivity (Wildman–Crippen MR) is 73.3 cm³/mol. The van der Waals surface area contributed by atoms with Crippen LogP contribution in [0.5, 0.6) is 11.5 Å². The molecule has 0 radical (unpaired) electrons. The molecule has 1 N–H and O–H groups in total. The number of anilines is 1. The summed E-state index contributed by atoms with van der Waals surface area (Å²) in [5.41, 5.74) is 1.77. The number of methoxy groups -OCH3 is 2. The fourth-order valence-electron chi connectivity index (χ4n) is 1.80. The molecule has 0 saturated heterocycles. The third-order valence-electron chi connectivity index (χ3n) is 2.77. The smallest absolute Gasteiger partial charge is 0.162 e. The van der Waals surface area contributed by atoms with Gasteiger partial charge in [0.2, 0.25) is 0 Å². The standard InChI is InChI=1S/C15H16FNO2/c1-18-14-7-6-13(9-15(14)19-2)17-10-11-4-3-5-12(16)8-11/h3-9,17H,10H2,1-2H3. The van der Waals surface area contributed by atoms with Gasteiger partial charge in [-0.2, -0.15) is 0 Å². The summed E-state index contributed by atoms with van der Waals surface area (Å²) in [5, 5.41) is 3.21. The molecule has 0 unspecified atom stereocenters. The van der Waals surface area contributed by atoms with Crippen molar-refractivity contribution in [3.63, 3.8) is 0 Å². The zero-order chi connectivity index (χ0) is 13.7. The highest BCUT2D eigenvalue weighted by atomic mass is 19.1. The van der Waals surface area contributed by atoms with Gasteiger partial charge in [-0.25, -0.2) is 4.39 Å². The molecule has 0 aliphatic heterocycles. The van der Waals surface area contributed by atoms with Gasteiger partial charge in [-0.15, -0.1) is 0 Å². The fourth-order valence-corrected chi connectivity index (χ4v) is 1.80. The minimum Gasteiger partial charge on any atom is -0.493 e. The van der Waals surface area contributed by atoms with E-state index in [2.05, 4.69) is 5.32 Å². The van der Waals surface area contributed by atoms with Crippen molar-refractivity contribution in [2.75, 3.05) is 19.5 Å². The SMILES string of the molecule is COc1ccc(NCc2cccc(F)c2)cc1OC. The molecule has 4 heteroatoms. The molecule has 2 aromatic carbocycles. The third-order valence-corrected chi connectivity index (χ3v) is 2.77. The molecule has 2 rings (SSSR count). The van der Waals surface area contributed by atoms with E-state index >= 15 is 0 Å². The van der Waals surface area contributed by atoms with Gasteiger partial charge in [-0.3, -0.25) is 0 Å². The lowest BCUT2D eigenvalue weighted by molar-refractivity contribution is 0.355. The maximum Gasteiger partial charge on any atom is 0.162 e. The quantitative estimate of drug-likeness (QED) is 0.894. The fraction of sp³-hybridized carbons (Fsp3) is 0.200. The summed E-state index contributed by atoms with van der Waals surface area (Å²) in [6.07, 6.45) is 0. The molecule has 0 bridgehead atoms. The van der Waals surface area contributed by atoms with Crippen LogP contribution in [-0.4, -0.2) is 14.2 Å². The van der Waals surface area contributed by atoms with Crippen molar-refractivity contribution in [1.82, 2.24) is 0 Å². The lowest BCUT2D eigenvalue weighted by Crippen LogP contribution is -2.00. The van der Waals surface area contributed by atoms with Crippen LogP contribution in [0.1, 0.15) is 5.56 Å². The van der Waals surface area contributed by atoms with Gasteiger partial charge in [0.1, 0.15) is 5.82 Å². The van der Waals surface area contributed by atoms with Crippen LogP contribution in [0, 0.1) is 5.82 Å². The molecule has 0 fully saturated rings. The summed E-state index contributed by atoms with van der Waals surface area (Å²) in [7, 11) is 3.19. The van der Waals surface area contributed by atoms with E-state index in [-0.39, 0.29) is 5.82 Å². The average molecular weight is 261 g/mol. The van der Waals surface area contributed by atoms with Crippen molar-refractivity contribution in [3.8, 4) is 11.5 Å². The molecular formula is C15H16FNO2. The lowest BCUT2D eigenvalue weighted by Gasteiger charge is -2.11. The van der Waals surface area contributed by atoms with E-state index in [1.807, 2.05) is 24.3 Å². The van der Waals surface area contributed by atoms with Gasteiger partial charge in [0.05, 0.1) is 14.2 Å². The van der Waals surface area contributed by atoms with Gasteiger partial charge >= 0.3 is 0 Å². The lowest BCUT2D eigenvalue weighted by atomic mass is 10.2.